The first kappa shape index (κ1) is 18.1. The summed E-state index contributed by atoms with van der Waals surface area (Å²) < 4.78 is 45.1. The predicted molar refractivity (Wildman–Crippen MR) is 75.7 cm³/mol. The molecule has 1 aromatic rings. The van der Waals surface area contributed by atoms with E-state index in [4.69, 9.17) is 16.3 Å². The van der Waals surface area contributed by atoms with Crippen LogP contribution >= 0.6 is 11.6 Å². The van der Waals surface area contributed by atoms with Gasteiger partial charge in [-0.25, -0.2) is 0 Å². The van der Waals surface area contributed by atoms with Crippen molar-refractivity contribution in [1.29, 1.82) is 0 Å². The lowest BCUT2D eigenvalue weighted by Gasteiger charge is -2.15. The van der Waals surface area contributed by atoms with Crippen LogP contribution in [0, 0.1) is 0 Å². The summed E-state index contributed by atoms with van der Waals surface area (Å²) in [5.74, 6) is 0.297. The second-order valence-electron chi connectivity index (χ2n) is 4.59. The zero-order valence-corrected chi connectivity index (χ0v) is 12.7. The summed E-state index contributed by atoms with van der Waals surface area (Å²) in [7, 11) is 0. The first-order valence-electron chi connectivity index (χ1n) is 6.63. The number of ether oxygens (including phenoxy) is 2. The first-order chi connectivity index (χ1) is 9.83. The van der Waals surface area contributed by atoms with Gasteiger partial charge in [-0.15, -0.1) is 0 Å². The molecule has 0 bridgehead atoms. The van der Waals surface area contributed by atoms with Gasteiger partial charge in [0.2, 0.25) is 0 Å². The highest BCUT2D eigenvalue weighted by Crippen LogP contribution is 2.28. The van der Waals surface area contributed by atoms with Crippen LogP contribution < -0.4 is 10.1 Å². The number of hydrogen-bond acceptors (Lipinski definition) is 3. The third-order valence-corrected chi connectivity index (χ3v) is 3.02. The molecule has 0 radical (unpaired) electrons. The van der Waals surface area contributed by atoms with Gasteiger partial charge in [-0.05, 0) is 37.6 Å². The molecule has 21 heavy (non-hydrogen) atoms. The van der Waals surface area contributed by atoms with E-state index in [0.717, 1.165) is 18.5 Å². The Bertz CT molecular complexity index is 441. The Labute approximate surface area is 127 Å². The molecule has 7 heteroatoms. The smallest absolute Gasteiger partial charge is 0.411 e. The van der Waals surface area contributed by atoms with Crippen molar-refractivity contribution in [2.45, 2.75) is 32.5 Å². The molecule has 0 heterocycles. The summed E-state index contributed by atoms with van der Waals surface area (Å²) in [4.78, 5) is 0. The minimum Gasteiger partial charge on any atom is -0.466 e. The monoisotopic (exact) mass is 325 g/mol. The lowest BCUT2D eigenvalue weighted by molar-refractivity contribution is -0.186. The highest BCUT2D eigenvalue weighted by molar-refractivity contribution is 6.32. The van der Waals surface area contributed by atoms with E-state index < -0.39 is 19.6 Å². The topological polar surface area (TPSA) is 30.5 Å². The molecule has 0 saturated heterocycles. The average Bonchev–Trinajstić information content (AvgIpc) is 2.41. The van der Waals surface area contributed by atoms with Crippen LogP contribution in [0.25, 0.3) is 0 Å². The van der Waals surface area contributed by atoms with Crippen LogP contribution in [-0.4, -0.2) is 26.1 Å². The minimum atomic E-state index is -4.36. The summed E-state index contributed by atoms with van der Waals surface area (Å²) >= 11 is 6.05. The average molecular weight is 326 g/mol. The number of benzene rings is 1. The van der Waals surface area contributed by atoms with Crippen LogP contribution in [0.1, 0.15) is 31.9 Å². The Hall–Kier alpha value is -0.980. The molecule has 0 saturated carbocycles. The van der Waals surface area contributed by atoms with Crippen molar-refractivity contribution < 1.29 is 22.6 Å². The molecule has 1 rings (SSSR count). The van der Waals surface area contributed by atoms with Gasteiger partial charge >= 0.3 is 6.18 Å². The Morgan fingerprint density at radius 3 is 2.62 bits per heavy atom. The fourth-order valence-corrected chi connectivity index (χ4v) is 1.89. The molecule has 3 nitrogen and oxygen atoms in total. The van der Waals surface area contributed by atoms with E-state index in [0.29, 0.717) is 10.8 Å². The van der Waals surface area contributed by atoms with Crippen molar-refractivity contribution in [3.63, 3.8) is 0 Å². The van der Waals surface area contributed by atoms with E-state index in [-0.39, 0.29) is 6.04 Å². The highest BCUT2D eigenvalue weighted by atomic mass is 35.5. The highest BCUT2D eigenvalue weighted by Gasteiger charge is 2.27. The maximum Gasteiger partial charge on any atom is 0.411 e. The van der Waals surface area contributed by atoms with E-state index in [2.05, 4.69) is 17.0 Å². The molecule has 0 aliphatic carbocycles. The van der Waals surface area contributed by atoms with Crippen LogP contribution in [0.5, 0.6) is 5.75 Å². The van der Waals surface area contributed by atoms with Crippen molar-refractivity contribution in [2.75, 3.05) is 19.9 Å². The molecule has 120 valence electrons. The number of rotatable bonds is 8. The standard InChI is InChI=1S/C14H19ClF3NO2/c1-3-6-19-10(2)11-4-5-13(12(15)7-11)21-9-20-8-14(16,17)18/h4-5,7,10,19H,3,6,8-9H2,1-2H3. The van der Waals surface area contributed by atoms with Gasteiger partial charge < -0.3 is 14.8 Å². The second-order valence-corrected chi connectivity index (χ2v) is 5.00. The minimum absolute atomic E-state index is 0.137. The lowest BCUT2D eigenvalue weighted by Crippen LogP contribution is -2.19. The van der Waals surface area contributed by atoms with Gasteiger partial charge in [0, 0.05) is 6.04 Å². The molecule has 0 fully saturated rings. The SMILES string of the molecule is CCCNC(C)c1ccc(OCOCC(F)(F)F)c(Cl)c1. The summed E-state index contributed by atoms with van der Waals surface area (Å²) in [6.07, 6.45) is -3.34. The maximum atomic E-state index is 11.9. The third-order valence-electron chi connectivity index (χ3n) is 2.72. The molecule has 1 atom stereocenters. The van der Waals surface area contributed by atoms with Gasteiger partial charge in [0.1, 0.15) is 12.4 Å². The van der Waals surface area contributed by atoms with Crippen LogP contribution in [0.2, 0.25) is 5.02 Å². The summed E-state index contributed by atoms with van der Waals surface area (Å²) in [5.41, 5.74) is 0.983. The van der Waals surface area contributed by atoms with Gasteiger partial charge in [0.05, 0.1) is 5.02 Å². The molecule has 0 aliphatic rings. The molecule has 0 aliphatic heterocycles. The van der Waals surface area contributed by atoms with Crippen molar-refractivity contribution in [3.05, 3.63) is 28.8 Å². The molecular formula is C14H19ClF3NO2. The van der Waals surface area contributed by atoms with Crippen LogP contribution in [0.3, 0.4) is 0 Å². The van der Waals surface area contributed by atoms with Gasteiger partial charge in [0.25, 0.3) is 0 Å². The molecule has 0 spiro atoms. The summed E-state index contributed by atoms with van der Waals surface area (Å²) in [5, 5.41) is 3.66. The summed E-state index contributed by atoms with van der Waals surface area (Å²) in [6, 6.07) is 5.31. The van der Waals surface area contributed by atoms with E-state index >= 15 is 0 Å². The number of alkyl halides is 3. The number of nitrogens with one attached hydrogen (secondary N) is 1. The molecule has 0 aromatic heterocycles. The van der Waals surface area contributed by atoms with Crippen molar-refractivity contribution in [1.82, 2.24) is 5.32 Å². The van der Waals surface area contributed by atoms with E-state index in [1.165, 1.54) is 0 Å². The molecule has 1 aromatic carbocycles. The Balaban J connectivity index is 2.50. The van der Waals surface area contributed by atoms with Crippen molar-refractivity contribution in [3.8, 4) is 5.75 Å². The Kier molecular flexibility index (Phi) is 7.28. The number of halogens is 4. The van der Waals surface area contributed by atoms with Gasteiger partial charge in [-0.1, -0.05) is 24.6 Å². The molecule has 0 amide bonds. The van der Waals surface area contributed by atoms with Crippen LogP contribution in [0.4, 0.5) is 13.2 Å². The van der Waals surface area contributed by atoms with Gasteiger partial charge in [-0.3, -0.25) is 0 Å². The normalized spacial score (nSPS) is 13.2. The van der Waals surface area contributed by atoms with Crippen LogP contribution in [0.15, 0.2) is 18.2 Å². The van der Waals surface area contributed by atoms with Crippen molar-refractivity contribution >= 4 is 11.6 Å². The molecular weight excluding hydrogens is 307 g/mol. The lowest BCUT2D eigenvalue weighted by atomic mass is 10.1. The first-order valence-corrected chi connectivity index (χ1v) is 7.01. The van der Waals surface area contributed by atoms with E-state index in [1.54, 1.807) is 12.1 Å². The fraction of sp³-hybridized carbons (Fsp3) is 0.571. The molecule has 1 N–H and O–H groups in total. The van der Waals surface area contributed by atoms with E-state index in [1.807, 2.05) is 13.0 Å². The summed E-state index contributed by atoms with van der Waals surface area (Å²) in [6.45, 7) is 3.13. The van der Waals surface area contributed by atoms with Crippen molar-refractivity contribution in [2.24, 2.45) is 0 Å². The number of hydrogen-bond donors (Lipinski definition) is 1. The largest absolute Gasteiger partial charge is 0.466 e. The molecule has 1 unspecified atom stereocenters. The van der Waals surface area contributed by atoms with Gasteiger partial charge in [0.15, 0.2) is 6.79 Å². The van der Waals surface area contributed by atoms with Gasteiger partial charge in [-0.2, -0.15) is 13.2 Å². The Morgan fingerprint density at radius 1 is 1.33 bits per heavy atom. The van der Waals surface area contributed by atoms with Crippen LogP contribution in [-0.2, 0) is 4.74 Å². The maximum absolute atomic E-state index is 11.9. The fourth-order valence-electron chi connectivity index (χ4n) is 1.64. The zero-order valence-electron chi connectivity index (χ0n) is 12.0. The van der Waals surface area contributed by atoms with E-state index in [9.17, 15) is 13.2 Å². The quantitative estimate of drug-likeness (QED) is 0.570. The second kappa shape index (κ2) is 8.46. The zero-order chi connectivity index (χ0) is 15.9. The third kappa shape index (κ3) is 7.02. The predicted octanol–water partition coefficient (Wildman–Crippen LogP) is 4.32. The Morgan fingerprint density at radius 2 is 2.05 bits per heavy atom.